The molecule has 2 heterocycles. The summed E-state index contributed by atoms with van der Waals surface area (Å²) in [6.45, 7) is 1.73. The van der Waals surface area contributed by atoms with Gasteiger partial charge < -0.3 is 4.52 Å². The molecule has 8 heteroatoms. The molecule has 0 bridgehead atoms. The molecule has 0 atom stereocenters. The number of anilines is 1. The first-order valence-electron chi connectivity index (χ1n) is 6.54. The minimum atomic E-state index is -3.72. The molecule has 0 spiro atoms. The predicted molar refractivity (Wildman–Crippen MR) is 86.5 cm³/mol. The lowest BCUT2D eigenvalue weighted by molar-refractivity contribution is 0.433. The van der Waals surface area contributed by atoms with Gasteiger partial charge in [0.2, 0.25) is 0 Å². The van der Waals surface area contributed by atoms with Gasteiger partial charge in [0.15, 0.2) is 5.76 Å². The van der Waals surface area contributed by atoms with E-state index in [0.29, 0.717) is 26.8 Å². The molecule has 6 nitrogen and oxygen atoms in total. The molecule has 116 valence electrons. The van der Waals surface area contributed by atoms with Crippen LogP contribution in [0.4, 0.5) is 5.69 Å². The summed E-state index contributed by atoms with van der Waals surface area (Å²) in [6, 6.07) is 11.4. The maximum atomic E-state index is 12.5. The van der Waals surface area contributed by atoms with Crippen molar-refractivity contribution in [3.05, 3.63) is 53.0 Å². The van der Waals surface area contributed by atoms with Crippen LogP contribution in [0.1, 0.15) is 10.4 Å². The van der Waals surface area contributed by atoms with Gasteiger partial charge >= 0.3 is 0 Å². The molecule has 0 aliphatic rings. The Bertz CT molecular complexity index is 966. The van der Waals surface area contributed by atoms with Gasteiger partial charge in [-0.1, -0.05) is 5.16 Å². The second-order valence-electron chi connectivity index (χ2n) is 4.70. The van der Waals surface area contributed by atoms with E-state index in [1.54, 1.807) is 43.3 Å². The Hall–Kier alpha value is -2.63. The fourth-order valence-electron chi connectivity index (χ4n) is 2.02. The molecule has 1 aromatic carbocycles. The molecule has 0 unspecified atom stereocenters. The zero-order chi connectivity index (χ0) is 16.4. The number of nitrogens with one attached hydrogen (secondary N) is 1. The normalized spacial score (nSPS) is 11.1. The lowest BCUT2D eigenvalue weighted by Crippen LogP contribution is -2.13. The van der Waals surface area contributed by atoms with Crippen molar-refractivity contribution in [1.29, 1.82) is 5.26 Å². The number of nitriles is 1. The van der Waals surface area contributed by atoms with Crippen molar-refractivity contribution < 1.29 is 12.9 Å². The number of rotatable bonds is 4. The van der Waals surface area contributed by atoms with E-state index in [2.05, 4.69) is 9.88 Å². The molecule has 23 heavy (non-hydrogen) atoms. The van der Waals surface area contributed by atoms with Crippen LogP contribution in [-0.2, 0) is 10.0 Å². The molecule has 0 aliphatic carbocycles. The molecule has 0 amide bonds. The van der Waals surface area contributed by atoms with Crippen molar-refractivity contribution in [2.24, 2.45) is 0 Å². The average Bonchev–Trinajstić information content (AvgIpc) is 3.17. The Kier molecular flexibility index (Phi) is 3.90. The van der Waals surface area contributed by atoms with E-state index in [-0.39, 0.29) is 4.90 Å². The van der Waals surface area contributed by atoms with E-state index < -0.39 is 10.0 Å². The molecule has 0 aliphatic heterocycles. The summed E-state index contributed by atoms with van der Waals surface area (Å²) in [6.07, 6.45) is 1.51. The SMILES string of the molecule is Cc1sc(-c2ccno2)cc1S(=O)(=O)Nc1ccc(C#N)cc1. The summed E-state index contributed by atoms with van der Waals surface area (Å²) in [7, 11) is -3.72. The Labute approximate surface area is 137 Å². The van der Waals surface area contributed by atoms with Crippen LogP contribution in [0.2, 0.25) is 0 Å². The maximum Gasteiger partial charge on any atom is 0.263 e. The number of hydrogen-bond donors (Lipinski definition) is 1. The summed E-state index contributed by atoms with van der Waals surface area (Å²) in [5.41, 5.74) is 0.864. The van der Waals surface area contributed by atoms with Gasteiger partial charge in [0.25, 0.3) is 10.0 Å². The molecule has 3 aromatic rings. The third-order valence-corrected chi connectivity index (χ3v) is 5.81. The predicted octanol–water partition coefficient (Wildman–Crippen LogP) is 3.38. The molecule has 0 saturated carbocycles. The van der Waals surface area contributed by atoms with Crippen LogP contribution in [-0.4, -0.2) is 13.6 Å². The van der Waals surface area contributed by atoms with E-state index >= 15 is 0 Å². The van der Waals surface area contributed by atoms with Gasteiger partial charge in [-0.2, -0.15) is 5.26 Å². The first-order valence-corrected chi connectivity index (χ1v) is 8.84. The van der Waals surface area contributed by atoms with Gasteiger partial charge in [0.1, 0.15) is 4.90 Å². The van der Waals surface area contributed by atoms with Crippen LogP contribution in [0.5, 0.6) is 0 Å². The number of sulfonamides is 1. The summed E-state index contributed by atoms with van der Waals surface area (Å²) in [5.74, 6) is 0.526. The zero-order valence-electron chi connectivity index (χ0n) is 12.0. The van der Waals surface area contributed by atoms with E-state index in [1.807, 2.05) is 6.07 Å². The molecular formula is C15H11N3O3S2. The molecule has 0 fully saturated rings. The van der Waals surface area contributed by atoms with Gasteiger partial charge in [0.05, 0.1) is 22.7 Å². The quantitative estimate of drug-likeness (QED) is 0.782. The number of hydrogen-bond acceptors (Lipinski definition) is 6. The van der Waals surface area contributed by atoms with Gasteiger partial charge in [-0.3, -0.25) is 4.72 Å². The largest absolute Gasteiger partial charge is 0.355 e. The third kappa shape index (κ3) is 3.11. The molecule has 0 saturated heterocycles. The van der Waals surface area contributed by atoms with Crippen molar-refractivity contribution in [1.82, 2.24) is 5.16 Å². The highest BCUT2D eigenvalue weighted by Gasteiger charge is 2.21. The molecule has 3 rings (SSSR count). The Balaban J connectivity index is 1.92. The number of aromatic nitrogens is 1. The minimum absolute atomic E-state index is 0.193. The van der Waals surface area contributed by atoms with Gasteiger partial charge in [-0.05, 0) is 37.3 Å². The molecule has 0 radical (unpaired) electrons. The second-order valence-corrected chi connectivity index (χ2v) is 7.61. The Morgan fingerprint density at radius 3 is 2.61 bits per heavy atom. The highest BCUT2D eigenvalue weighted by atomic mass is 32.2. The monoisotopic (exact) mass is 345 g/mol. The van der Waals surface area contributed by atoms with Crippen molar-refractivity contribution in [2.75, 3.05) is 4.72 Å². The van der Waals surface area contributed by atoms with E-state index in [1.165, 1.54) is 17.5 Å². The van der Waals surface area contributed by atoms with Crippen LogP contribution in [0.25, 0.3) is 10.6 Å². The average molecular weight is 345 g/mol. The first-order chi connectivity index (χ1) is 11.0. The minimum Gasteiger partial charge on any atom is -0.355 e. The number of nitrogens with zero attached hydrogens (tertiary/aromatic N) is 2. The van der Waals surface area contributed by atoms with Crippen LogP contribution in [0, 0.1) is 18.3 Å². The number of benzene rings is 1. The fraction of sp³-hybridized carbons (Fsp3) is 0.0667. The van der Waals surface area contributed by atoms with Crippen LogP contribution in [0.15, 0.2) is 52.0 Å². The maximum absolute atomic E-state index is 12.5. The molecule has 2 aromatic heterocycles. The Morgan fingerprint density at radius 1 is 1.26 bits per heavy atom. The number of aryl methyl sites for hydroxylation is 1. The van der Waals surface area contributed by atoms with Crippen molar-refractivity contribution in [2.45, 2.75) is 11.8 Å². The van der Waals surface area contributed by atoms with Gasteiger partial charge in [-0.15, -0.1) is 11.3 Å². The standard InChI is InChI=1S/C15H11N3O3S2/c1-10-15(8-14(22-10)13-6-7-17-21-13)23(19,20)18-12-4-2-11(9-16)3-5-12/h2-8,18H,1H3. The van der Waals surface area contributed by atoms with Gasteiger partial charge in [0, 0.05) is 16.6 Å². The topological polar surface area (TPSA) is 96.0 Å². The van der Waals surface area contributed by atoms with Crippen molar-refractivity contribution in [3.63, 3.8) is 0 Å². The summed E-state index contributed by atoms with van der Waals surface area (Å²) in [4.78, 5) is 1.54. The Morgan fingerprint density at radius 2 is 2.00 bits per heavy atom. The van der Waals surface area contributed by atoms with E-state index in [0.717, 1.165) is 0 Å². The summed E-state index contributed by atoms with van der Waals surface area (Å²) in [5, 5.41) is 12.4. The highest BCUT2D eigenvalue weighted by Crippen LogP contribution is 2.34. The fourth-order valence-corrected chi connectivity index (χ4v) is 4.63. The zero-order valence-corrected chi connectivity index (χ0v) is 13.6. The van der Waals surface area contributed by atoms with Gasteiger partial charge in [-0.25, -0.2) is 8.42 Å². The summed E-state index contributed by atoms with van der Waals surface area (Å²) >= 11 is 1.32. The number of thiophene rings is 1. The smallest absolute Gasteiger partial charge is 0.263 e. The molecular weight excluding hydrogens is 334 g/mol. The second kappa shape index (κ2) is 5.87. The summed E-state index contributed by atoms with van der Waals surface area (Å²) < 4.78 is 32.7. The molecule has 1 N–H and O–H groups in total. The van der Waals surface area contributed by atoms with E-state index in [4.69, 9.17) is 9.78 Å². The highest BCUT2D eigenvalue weighted by molar-refractivity contribution is 7.93. The van der Waals surface area contributed by atoms with E-state index in [9.17, 15) is 8.42 Å². The lowest BCUT2D eigenvalue weighted by Gasteiger charge is -2.07. The van der Waals surface area contributed by atoms with Crippen LogP contribution >= 0.6 is 11.3 Å². The van der Waals surface area contributed by atoms with Crippen LogP contribution < -0.4 is 4.72 Å². The van der Waals surface area contributed by atoms with Crippen molar-refractivity contribution in [3.8, 4) is 16.7 Å². The first kappa shape index (κ1) is 15.3. The third-order valence-electron chi connectivity index (χ3n) is 3.11. The van der Waals surface area contributed by atoms with Crippen LogP contribution in [0.3, 0.4) is 0 Å². The van der Waals surface area contributed by atoms with Crippen molar-refractivity contribution >= 4 is 27.0 Å². The lowest BCUT2D eigenvalue weighted by atomic mass is 10.2.